The number of benzene rings is 1. The Morgan fingerprint density at radius 2 is 2.04 bits per heavy atom. The van der Waals surface area contributed by atoms with Gasteiger partial charge in [0.2, 0.25) is 11.8 Å². The van der Waals surface area contributed by atoms with Crippen LogP contribution in [0, 0.1) is 17.5 Å². The zero-order valence-electron chi connectivity index (χ0n) is 12.6. The van der Waals surface area contributed by atoms with E-state index < -0.39 is 29.0 Å². The smallest absolute Gasteiger partial charge is 0.244 e. The Bertz CT molecular complexity index is 604. The Labute approximate surface area is 131 Å². The van der Waals surface area contributed by atoms with E-state index in [4.69, 9.17) is 4.74 Å². The van der Waals surface area contributed by atoms with Crippen LogP contribution in [0.15, 0.2) is 12.1 Å². The topological polar surface area (TPSA) is 58.6 Å². The first kappa shape index (κ1) is 17.3. The lowest BCUT2D eigenvalue weighted by Gasteiger charge is -2.23. The number of nitrogens with zero attached hydrogens (tertiary/aromatic N) is 1. The summed E-state index contributed by atoms with van der Waals surface area (Å²) >= 11 is 0. The van der Waals surface area contributed by atoms with E-state index >= 15 is 0 Å². The van der Waals surface area contributed by atoms with Gasteiger partial charge in [0, 0.05) is 20.1 Å². The molecule has 126 valence electrons. The maximum absolute atomic E-state index is 13.5. The molecule has 0 saturated carbocycles. The molecule has 1 aromatic rings. The lowest BCUT2D eigenvalue weighted by molar-refractivity contribution is -0.134. The second-order valence-electron chi connectivity index (χ2n) is 5.31. The SMILES string of the molecule is CC(=O)N(CC(=O)Nc1ccc(F)c(F)c1F)CC1CCCO1. The molecule has 0 bridgehead atoms. The minimum atomic E-state index is -1.66. The molecule has 1 atom stereocenters. The number of hydrogen-bond acceptors (Lipinski definition) is 3. The first-order valence-corrected chi connectivity index (χ1v) is 7.19. The van der Waals surface area contributed by atoms with Crippen LogP contribution < -0.4 is 5.32 Å². The molecule has 5 nitrogen and oxygen atoms in total. The van der Waals surface area contributed by atoms with Crippen LogP contribution in [-0.2, 0) is 14.3 Å². The summed E-state index contributed by atoms with van der Waals surface area (Å²) in [7, 11) is 0. The van der Waals surface area contributed by atoms with Crippen molar-refractivity contribution in [3.05, 3.63) is 29.6 Å². The van der Waals surface area contributed by atoms with Gasteiger partial charge in [-0.1, -0.05) is 0 Å². The van der Waals surface area contributed by atoms with E-state index in [1.807, 2.05) is 0 Å². The van der Waals surface area contributed by atoms with Gasteiger partial charge in [0.05, 0.1) is 18.3 Å². The van der Waals surface area contributed by atoms with Crippen molar-refractivity contribution < 1.29 is 27.5 Å². The third kappa shape index (κ3) is 4.44. The highest BCUT2D eigenvalue weighted by molar-refractivity contribution is 5.94. The van der Waals surface area contributed by atoms with Gasteiger partial charge in [-0.3, -0.25) is 9.59 Å². The summed E-state index contributed by atoms with van der Waals surface area (Å²) in [6.07, 6.45) is 1.55. The Balaban J connectivity index is 1.99. The predicted octanol–water partition coefficient (Wildman–Crippen LogP) is 2.07. The zero-order chi connectivity index (χ0) is 17.0. The molecule has 0 aromatic heterocycles. The van der Waals surface area contributed by atoms with Crippen molar-refractivity contribution in [2.24, 2.45) is 0 Å². The molecule has 2 rings (SSSR count). The standard InChI is InChI=1S/C15H17F3N2O3/c1-9(21)20(7-10-3-2-6-23-10)8-13(22)19-12-5-4-11(16)14(17)15(12)18/h4-5,10H,2-3,6-8H2,1H3,(H,19,22). The Hall–Kier alpha value is -2.09. The van der Waals surface area contributed by atoms with E-state index in [1.165, 1.54) is 11.8 Å². The highest BCUT2D eigenvalue weighted by Crippen LogP contribution is 2.19. The second-order valence-corrected chi connectivity index (χ2v) is 5.31. The van der Waals surface area contributed by atoms with Crippen molar-refractivity contribution in [1.29, 1.82) is 0 Å². The van der Waals surface area contributed by atoms with E-state index in [0.717, 1.165) is 18.9 Å². The quantitative estimate of drug-likeness (QED) is 0.841. The van der Waals surface area contributed by atoms with Gasteiger partial charge >= 0.3 is 0 Å². The van der Waals surface area contributed by atoms with Crippen LogP contribution in [0.4, 0.5) is 18.9 Å². The Morgan fingerprint density at radius 3 is 2.65 bits per heavy atom. The number of carbonyl (C=O) groups is 2. The van der Waals surface area contributed by atoms with Crippen molar-refractivity contribution >= 4 is 17.5 Å². The van der Waals surface area contributed by atoms with Gasteiger partial charge in [-0.05, 0) is 25.0 Å². The highest BCUT2D eigenvalue weighted by atomic mass is 19.2. The first-order valence-electron chi connectivity index (χ1n) is 7.19. The summed E-state index contributed by atoms with van der Waals surface area (Å²) in [5.41, 5.74) is -0.477. The van der Waals surface area contributed by atoms with Crippen LogP contribution in [0.5, 0.6) is 0 Å². The Kier molecular flexibility index (Phi) is 5.59. The molecule has 1 heterocycles. The molecule has 8 heteroatoms. The van der Waals surface area contributed by atoms with Gasteiger partial charge < -0.3 is 15.0 Å². The van der Waals surface area contributed by atoms with E-state index in [2.05, 4.69) is 5.32 Å². The van der Waals surface area contributed by atoms with Gasteiger partial charge in [-0.2, -0.15) is 0 Å². The zero-order valence-corrected chi connectivity index (χ0v) is 12.6. The summed E-state index contributed by atoms with van der Waals surface area (Å²) in [6, 6.07) is 1.63. The molecule has 23 heavy (non-hydrogen) atoms. The number of ether oxygens (including phenoxy) is 1. The van der Waals surface area contributed by atoms with E-state index in [9.17, 15) is 22.8 Å². The molecule has 1 fully saturated rings. The van der Waals surface area contributed by atoms with Crippen LogP contribution in [0.1, 0.15) is 19.8 Å². The molecule has 1 saturated heterocycles. The predicted molar refractivity (Wildman–Crippen MR) is 76.2 cm³/mol. The fraction of sp³-hybridized carbons (Fsp3) is 0.467. The molecule has 0 radical (unpaired) electrons. The third-order valence-corrected chi connectivity index (χ3v) is 3.54. The largest absolute Gasteiger partial charge is 0.376 e. The summed E-state index contributed by atoms with van der Waals surface area (Å²) in [5.74, 6) is -5.52. The fourth-order valence-electron chi connectivity index (χ4n) is 2.32. The number of nitrogens with one attached hydrogen (secondary N) is 1. The number of carbonyl (C=O) groups excluding carboxylic acids is 2. The number of anilines is 1. The van der Waals surface area contributed by atoms with Gasteiger partial charge in [-0.15, -0.1) is 0 Å². The van der Waals surface area contributed by atoms with Gasteiger partial charge in [0.15, 0.2) is 17.5 Å². The lowest BCUT2D eigenvalue weighted by atomic mass is 10.2. The van der Waals surface area contributed by atoms with E-state index in [0.29, 0.717) is 12.7 Å². The lowest BCUT2D eigenvalue weighted by Crippen LogP contribution is -2.41. The fourth-order valence-corrected chi connectivity index (χ4v) is 2.32. The van der Waals surface area contributed by atoms with Crippen molar-refractivity contribution in [1.82, 2.24) is 4.90 Å². The van der Waals surface area contributed by atoms with Crippen LogP contribution in [0.2, 0.25) is 0 Å². The molecule has 2 amide bonds. The van der Waals surface area contributed by atoms with Crippen molar-refractivity contribution in [2.45, 2.75) is 25.9 Å². The minimum absolute atomic E-state index is 0.133. The molecule has 1 aromatic carbocycles. The number of amides is 2. The van der Waals surface area contributed by atoms with Crippen molar-refractivity contribution in [3.63, 3.8) is 0 Å². The number of halogens is 3. The average Bonchev–Trinajstić information content (AvgIpc) is 3.00. The van der Waals surface area contributed by atoms with Gasteiger partial charge in [0.1, 0.15) is 0 Å². The molecule has 1 N–H and O–H groups in total. The third-order valence-electron chi connectivity index (χ3n) is 3.54. The molecule has 1 aliphatic rings. The molecule has 1 aliphatic heterocycles. The van der Waals surface area contributed by atoms with E-state index in [-0.39, 0.29) is 25.1 Å². The van der Waals surface area contributed by atoms with Crippen LogP contribution in [0.25, 0.3) is 0 Å². The summed E-state index contributed by atoms with van der Waals surface area (Å²) < 4.78 is 44.9. The van der Waals surface area contributed by atoms with Crippen LogP contribution in [-0.4, -0.2) is 42.5 Å². The molecular formula is C15H17F3N2O3. The number of rotatable bonds is 5. The normalized spacial score (nSPS) is 17.1. The molecule has 1 unspecified atom stereocenters. The van der Waals surface area contributed by atoms with Gasteiger partial charge in [-0.25, -0.2) is 13.2 Å². The first-order chi connectivity index (χ1) is 10.9. The second kappa shape index (κ2) is 7.45. The summed E-state index contributed by atoms with van der Waals surface area (Å²) in [6.45, 7) is 1.85. The molecular weight excluding hydrogens is 313 g/mol. The molecule has 0 spiro atoms. The van der Waals surface area contributed by atoms with Crippen LogP contribution in [0.3, 0.4) is 0 Å². The van der Waals surface area contributed by atoms with Gasteiger partial charge in [0.25, 0.3) is 0 Å². The monoisotopic (exact) mass is 330 g/mol. The Morgan fingerprint density at radius 1 is 1.30 bits per heavy atom. The average molecular weight is 330 g/mol. The highest BCUT2D eigenvalue weighted by Gasteiger charge is 2.23. The summed E-state index contributed by atoms with van der Waals surface area (Å²) in [5, 5.41) is 2.13. The minimum Gasteiger partial charge on any atom is -0.376 e. The van der Waals surface area contributed by atoms with E-state index in [1.54, 1.807) is 0 Å². The maximum Gasteiger partial charge on any atom is 0.244 e. The molecule has 0 aliphatic carbocycles. The van der Waals surface area contributed by atoms with Crippen molar-refractivity contribution in [2.75, 3.05) is 25.0 Å². The van der Waals surface area contributed by atoms with Crippen molar-refractivity contribution in [3.8, 4) is 0 Å². The summed E-state index contributed by atoms with van der Waals surface area (Å²) in [4.78, 5) is 24.8. The number of hydrogen-bond donors (Lipinski definition) is 1. The van der Waals surface area contributed by atoms with Crippen LogP contribution >= 0.6 is 0 Å². The maximum atomic E-state index is 13.5.